The fourth-order valence-electron chi connectivity index (χ4n) is 2.52. The number of carbonyl (C=O) groups is 2. The van der Waals surface area contributed by atoms with Crippen LogP contribution in [0.4, 0.5) is 15.1 Å². The van der Waals surface area contributed by atoms with E-state index in [2.05, 4.69) is 10.1 Å². The first-order valence-electron chi connectivity index (χ1n) is 7.46. The second-order valence-corrected chi connectivity index (χ2v) is 6.64. The number of carbonyl (C=O) groups excluding carboxylic acids is 2. The predicted octanol–water partition coefficient (Wildman–Crippen LogP) is 1.84. The number of anilines is 2. The summed E-state index contributed by atoms with van der Waals surface area (Å²) in [6, 6.07) is 6.18. The number of nitrogens with two attached hydrogens (primary N) is 1. The summed E-state index contributed by atoms with van der Waals surface area (Å²) in [6.07, 6.45) is 1.70. The van der Waals surface area contributed by atoms with Gasteiger partial charge in [0.15, 0.2) is 0 Å². The van der Waals surface area contributed by atoms with E-state index in [1.165, 1.54) is 30.5 Å². The minimum Gasteiger partial charge on any atom is -0.364 e. The van der Waals surface area contributed by atoms with E-state index in [4.69, 9.17) is 5.73 Å². The van der Waals surface area contributed by atoms with Crippen molar-refractivity contribution in [2.45, 2.75) is 12.3 Å². The molecular weight excluding hydrogens is 345 g/mol. The summed E-state index contributed by atoms with van der Waals surface area (Å²) in [5.74, 6) is -1.80. The molecule has 130 valence electrons. The van der Waals surface area contributed by atoms with E-state index in [1.54, 1.807) is 30.3 Å². The lowest BCUT2D eigenvalue weighted by atomic mass is 9.97. The molecule has 1 unspecified atom stereocenters. The molecule has 1 aliphatic rings. The topological polar surface area (TPSA) is 91.9 Å². The van der Waals surface area contributed by atoms with Crippen LogP contribution in [0.3, 0.4) is 0 Å². The number of aromatic nitrogens is 1. The van der Waals surface area contributed by atoms with Crippen molar-refractivity contribution in [1.29, 1.82) is 0 Å². The van der Waals surface area contributed by atoms with E-state index < -0.39 is 11.8 Å². The highest BCUT2D eigenvalue weighted by Crippen LogP contribution is 2.35. The lowest BCUT2D eigenvalue weighted by Crippen LogP contribution is -2.39. The third-order valence-electron chi connectivity index (χ3n) is 3.92. The minimum atomic E-state index is -0.681. The van der Waals surface area contributed by atoms with Crippen molar-refractivity contribution in [2.24, 2.45) is 10.8 Å². The van der Waals surface area contributed by atoms with Gasteiger partial charge >= 0.3 is 0 Å². The second kappa shape index (κ2) is 6.60. The van der Waals surface area contributed by atoms with E-state index in [0.717, 1.165) is 10.0 Å². The minimum absolute atomic E-state index is 0.0783. The van der Waals surface area contributed by atoms with Crippen LogP contribution in [-0.4, -0.2) is 41.6 Å². The van der Waals surface area contributed by atoms with Crippen molar-refractivity contribution in [1.82, 2.24) is 9.99 Å². The number of rotatable bonds is 4. The predicted molar refractivity (Wildman–Crippen MR) is 93.3 cm³/mol. The van der Waals surface area contributed by atoms with Crippen molar-refractivity contribution in [2.75, 3.05) is 19.0 Å². The van der Waals surface area contributed by atoms with Gasteiger partial charge in [-0.3, -0.25) is 9.59 Å². The molecule has 0 radical (unpaired) electrons. The van der Waals surface area contributed by atoms with Crippen LogP contribution >= 0.6 is 11.3 Å². The van der Waals surface area contributed by atoms with Gasteiger partial charge in [0, 0.05) is 26.2 Å². The molecule has 2 aromatic rings. The molecule has 0 saturated carbocycles. The lowest BCUT2D eigenvalue weighted by Gasteiger charge is -2.24. The van der Waals surface area contributed by atoms with Crippen LogP contribution in [-0.2, 0) is 9.59 Å². The molecule has 9 heteroatoms. The Hall–Kier alpha value is -2.81. The molecule has 7 nitrogen and oxygen atoms in total. The van der Waals surface area contributed by atoms with E-state index in [9.17, 15) is 14.0 Å². The average molecular weight is 361 g/mol. The Kier molecular flexibility index (Phi) is 4.49. The fraction of sp³-hybridized carbons (Fsp3) is 0.250. The van der Waals surface area contributed by atoms with Gasteiger partial charge in [-0.05, 0) is 18.2 Å². The van der Waals surface area contributed by atoms with Crippen LogP contribution in [0.15, 0.2) is 35.6 Å². The maximum Gasteiger partial charge on any atom is 0.265 e. The summed E-state index contributed by atoms with van der Waals surface area (Å²) in [5, 5.41) is 6.40. The van der Waals surface area contributed by atoms with E-state index in [-0.39, 0.29) is 23.9 Å². The van der Waals surface area contributed by atoms with Crippen LogP contribution in [0.2, 0.25) is 0 Å². The Morgan fingerprint density at radius 3 is 2.92 bits per heavy atom. The van der Waals surface area contributed by atoms with Gasteiger partial charge in [0.05, 0.1) is 12.1 Å². The van der Waals surface area contributed by atoms with Gasteiger partial charge in [0.25, 0.3) is 5.91 Å². The number of thiazole rings is 1. The van der Waals surface area contributed by atoms with Gasteiger partial charge in [-0.2, -0.15) is 5.10 Å². The van der Waals surface area contributed by atoms with Crippen LogP contribution in [0.25, 0.3) is 0 Å². The zero-order valence-corrected chi connectivity index (χ0v) is 14.5. The monoisotopic (exact) mass is 361 g/mol. The zero-order valence-electron chi connectivity index (χ0n) is 13.6. The summed E-state index contributed by atoms with van der Waals surface area (Å²) in [5.41, 5.74) is 6.17. The lowest BCUT2D eigenvalue weighted by molar-refractivity contribution is -0.130. The van der Waals surface area contributed by atoms with Gasteiger partial charge in [0.2, 0.25) is 5.91 Å². The molecule has 2 heterocycles. The van der Waals surface area contributed by atoms with Crippen molar-refractivity contribution in [3.63, 3.8) is 0 Å². The summed E-state index contributed by atoms with van der Waals surface area (Å²) < 4.78 is 13.4. The molecule has 1 aliphatic heterocycles. The van der Waals surface area contributed by atoms with E-state index >= 15 is 0 Å². The van der Waals surface area contributed by atoms with E-state index in [1.807, 2.05) is 0 Å². The third-order valence-corrected chi connectivity index (χ3v) is 5.10. The SMILES string of the molecule is CN1N=C(C(N)=O)C(c2ncc(N(C)c3cccc(F)c3)s2)CC1=O. The van der Waals surface area contributed by atoms with Crippen LogP contribution in [0.1, 0.15) is 17.3 Å². The van der Waals surface area contributed by atoms with Crippen molar-refractivity contribution >= 4 is 39.6 Å². The molecule has 25 heavy (non-hydrogen) atoms. The van der Waals surface area contributed by atoms with Gasteiger partial charge in [-0.15, -0.1) is 11.3 Å². The highest BCUT2D eigenvalue weighted by molar-refractivity contribution is 7.16. The summed E-state index contributed by atoms with van der Waals surface area (Å²) >= 11 is 1.31. The number of hydrogen-bond donors (Lipinski definition) is 1. The smallest absolute Gasteiger partial charge is 0.265 e. The van der Waals surface area contributed by atoms with Crippen molar-refractivity contribution < 1.29 is 14.0 Å². The van der Waals surface area contributed by atoms with Gasteiger partial charge < -0.3 is 10.6 Å². The third kappa shape index (κ3) is 3.36. The van der Waals surface area contributed by atoms with E-state index in [0.29, 0.717) is 10.7 Å². The van der Waals surface area contributed by atoms with Gasteiger partial charge in [-0.25, -0.2) is 14.4 Å². The number of amides is 2. The van der Waals surface area contributed by atoms with Gasteiger partial charge in [0.1, 0.15) is 21.5 Å². The Morgan fingerprint density at radius 1 is 1.48 bits per heavy atom. The number of halogens is 1. The van der Waals surface area contributed by atoms with Crippen LogP contribution in [0, 0.1) is 5.82 Å². The van der Waals surface area contributed by atoms with Crippen LogP contribution < -0.4 is 10.6 Å². The maximum absolute atomic E-state index is 13.4. The fourth-order valence-corrected chi connectivity index (χ4v) is 3.53. The Morgan fingerprint density at radius 2 is 2.24 bits per heavy atom. The molecule has 0 spiro atoms. The largest absolute Gasteiger partial charge is 0.364 e. The molecule has 0 bridgehead atoms. The highest BCUT2D eigenvalue weighted by Gasteiger charge is 2.34. The number of benzene rings is 1. The second-order valence-electron chi connectivity index (χ2n) is 5.60. The number of primary amides is 1. The first-order valence-corrected chi connectivity index (χ1v) is 8.28. The Bertz CT molecular complexity index is 866. The van der Waals surface area contributed by atoms with Crippen molar-refractivity contribution in [3.8, 4) is 0 Å². The van der Waals surface area contributed by atoms with Crippen molar-refractivity contribution in [3.05, 3.63) is 41.3 Å². The quantitative estimate of drug-likeness (QED) is 0.899. The molecule has 0 fully saturated rings. The number of hydrogen-bond acceptors (Lipinski definition) is 6. The van der Waals surface area contributed by atoms with Gasteiger partial charge in [-0.1, -0.05) is 6.07 Å². The summed E-state index contributed by atoms with van der Waals surface area (Å²) in [4.78, 5) is 29.7. The Labute approximate surface area is 147 Å². The molecule has 2 N–H and O–H groups in total. The average Bonchev–Trinajstić information content (AvgIpc) is 3.06. The summed E-state index contributed by atoms with van der Waals surface area (Å²) in [6.45, 7) is 0. The summed E-state index contributed by atoms with van der Waals surface area (Å²) in [7, 11) is 3.27. The maximum atomic E-state index is 13.4. The molecular formula is C16H16FN5O2S. The number of hydrazone groups is 1. The highest BCUT2D eigenvalue weighted by atomic mass is 32.1. The molecule has 2 amide bonds. The molecule has 0 aliphatic carbocycles. The molecule has 0 saturated heterocycles. The standard InChI is InChI=1S/C16H16FN5O2S/c1-21(10-5-3-4-9(17)6-10)13-8-19-16(25-13)11-7-12(23)22(2)20-14(11)15(18)24/h3-6,8,11H,7H2,1-2H3,(H2,18,24). The number of nitrogens with zero attached hydrogens (tertiary/aromatic N) is 4. The first kappa shape index (κ1) is 17.0. The van der Waals surface area contributed by atoms with Crippen LogP contribution in [0.5, 0.6) is 0 Å². The molecule has 1 atom stereocenters. The molecule has 1 aromatic heterocycles. The first-order chi connectivity index (χ1) is 11.9. The Balaban J connectivity index is 1.91. The molecule has 1 aromatic carbocycles. The molecule has 3 rings (SSSR count). The normalized spacial score (nSPS) is 17.4. The zero-order chi connectivity index (χ0) is 18.1.